The van der Waals surface area contributed by atoms with Crippen LogP contribution >= 0.6 is 0 Å². The van der Waals surface area contributed by atoms with Crippen molar-refractivity contribution >= 4 is 0 Å². The van der Waals surface area contributed by atoms with Gasteiger partial charge in [0.05, 0.1) is 12.1 Å². The Hall–Kier alpha value is -0.550. The molecule has 1 unspecified atom stereocenters. The highest BCUT2D eigenvalue weighted by Crippen LogP contribution is 2.36. The zero-order valence-corrected chi connectivity index (χ0v) is 9.08. The standard InChI is InChI=1S/C12H20N2/c1-2-4-10-5-3-6-11-7-8-12(9-13)14(10)11/h10-12H,2-8H2,1H3/t10-,11-,12?/m1/s1. The Balaban J connectivity index is 2.07. The van der Waals surface area contributed by atoms with E-state index in [-0.39, 0.29) is 6.04 Å². The van der Waals surface area contributed by atoms with E-state index in [1.165, 1.54) is 38.5 Å². The number of fused-ring (bicyclic) bond motifs is 1. The molecule has 2 heterocycles. The summed E-state index contributed by atoms with van der Waals surface area (Å²) in [5.41, 5.74) is 0. The Kier molecular flexibility index (Phi) is 3.08. The maximum atomic E-state index is 9.10. The molecule has 14 heavy (non-hydrogen) atoms. The highest BCUT2D eigenvalue weighted by molar-refractivity contribution is 5.03. The van der Waals surface area contributed by atoms with E-state index in [1.807, 2.05) is 0 Å². The lowest BCUT2D eigenvalue weighted by Crippen LogP contribution is -2.46. The van der Waals surface area contributed by atoms with Gasteiger partial charge in [0.15, 0.2) is 0 Å². The fourth-order valence-electron chi connectivity index (χ4n) is 3.24. The van der Waals surface area contributed by atoms with E-state index >= 15 is 0 Å². The van der Waals surface area contributed by atoms with Crippen LogP contribution in [0.2, 0.25) is 0 Å². The first-order chi connectivity index (χ1) is 6.86. The van der Waals surface area contributed by atoms with E-state index in [1.54, 1.807) is 0 Å². The highest BCUT2D eigenvalue weighted by Gasteiger charge is 2.39. The normalized spacial score (nSPS) is 37.9. The second kappa shape index (κ2) is 4.31. The van der Waals surface area contributed by atoms with Crippen LogP contribution in [0.25, 0.3) is 0 Å². The highest BCUT2D eigenvalue weighted by atomic mass is 15.2. The maximum absolute atomic E-state index is 9.10. The maximum Gasteiger partial charge on any atom is 0.0983 e. The Bertz CT molecular complexity index is 229. The van der Waals surface area contributed by atoms with E-state index in [0.29, 0.717) is 6.04 Å². The van der Waals surface area contributed by atoms with Crippen LogP contribution in [0.1, 0.15) is 51.9 Å². The van der Waals surface area contributed by atoms with E-state index in [9.17, 15) is 0 Å². The van der Waals surface area contributed by atoms with Gasteiger partial charge in [-0.1, -0.05) is 19.8 Å². The molecule has 2 fully saturated rings. The fraction of sp³-hybridized carbons (Fsp3) is 0.917. The van der Waals surface area contributed by atoms with Crippen molar-refractivity contribution in [2.24, 2.45) is 0 Å². The minimum atomic E-state index is 0.233. The van der Waals surface area contributed by atoms with Gasteiger partial charge in [-0.2, -0.15) is 5.26 Å². The van der Waals surface area contributed by atoms with Crippen molar-refractivity contribution in [3.8, 4) is 6.07 Å². The van der Waals surface area contributed by atoms with Gasteiger partial charge in [-0.25, -0.2) is 0 Å². The topological polar surface area (TPSA) is 27.0 Å². The van der Waals surface area contributed by atoms with Gasteiger partial charge in [-0.15, -0.1) is 0 Å². The molecule has 78 valence electrons. The average molecular weight is 192 g/mol. The Morgan fingerprint density at radius 3 is 2.86 bits per heavy atom. The molecule has 0 aromatic rings. The Morgan fingerprint density at radius 2 is 2.14 bits per heavy atom. The van der Waals surface area contributed by atoms with Crippen molar-refractivity contribution in [2.45, 2.75) is 70.0 Å². The number of hydrogen-bond donors (Lipinski definition) is 0. The molecule has 2 aliphatic rings. The van der Waals surface area contributed by atoms with E-state index in [4.69, 9.17) is 5.26 Å². The SMILES string of the molecule is CCC[C@@H]1CCC[C@@H]2CCC(C#N)N12. The molecule has 0 radical (unpaired) electrons. The van der Waals surface area contributed by atoms with Gasteiger partial charge in [0.1, 0.15) is 0 Å². The van der Waals surface area contributed by atoms with Crippen molar-refractivity contribution in [3.63, 3.8) is 0 Å². The van der Waals surface area contributed by atoms with Gasteiger partial charge in [0.25, 0.3) is 0 Å². The lowest BCUT2D eigenvalue weighted by atomic mass is 9.93. The number of nitriles is 1. The molecule has 2 aliphatic heterocycles. The predicted molar refractivity (Wildman–Crippen MR) is 56.8 cm³/mol. The summed E-state index contributed by atoms with van der Waals surface area (Å²) in [5, 5.41) is 9.10. The smallest absolute Gasteiger partial charge is 0.0983 e. The van der Waals surface area contributed by atoms with Crippen LogP contribution in [-0.2, 0) is 0 Å². The molecule has 0 aromatic carbocycles. The van der Waals surface area contributed by atoms with E-state index in [2.05, 4.69) is 17.9 Å². The van der Waals surface area contributed by atoms with Crippen LogP contribution < -0.4 is 0 Å². The molecule has 0 amide bonds. The first kappa shape index (κ1) is 9.98. The molecule has 2 heteroatoms. The summed E-state index contributed by atoms with van der Waals surface area (Å²) in [4.78, 5) is 2.53. The molecule has 3 atom stereocenters. The fourth-order valence-corrected chi connectivity index (χ4v) is 3.24. The number of rotatable bonds is 2. The third-order valence-electron chi connectivity index (χ3n) is 3.82. The van der Waals surface area contributed by atoms with Crippen LogP contribution in [0.3, 0.4) is 0 Å². The lowest BCUT2D eigenvalue weighted by molar-refractivity contribution is 0.0945. The van der Waals surface area contributed by atoms with E-state index in [0.717, 1.165) is 12.5 Å². The molecule has 0 N–H and O–H groups in total. The summed E-state index contributed by atoms with van der Waals surface area (Å²) in [6.45, 7) is 2.25. The largest absolute Gasteiger partial charge is 0.282 e. The number of hydrogen-bond acceptors (Lipinski definition) is 2. The lowest BCUT2D eigenvalue weighted by Gasteiger charge is -2.39. The zero-order chi connectivity index (χ0) is 9.97. The van der Waals surface area contributed by atoms with Gasteiger partial charge in [-0.3, -0.25) is 4.90 Å². The summed E-state index contributed by atoms with van der Waals surface area (Å²) < 4.78 is 0. The zero-order valence-electron chi connectivity index (χ0n) is 9.08. The van der Waals surface area contributed by atoms with Gasteiger partial charge in [0, 0.05) is 12.1 Å². The van der Waals surface area contributed by atoms with Crippen LogP contribution in [0.4, 0.5) is 0 Å². The monoisotopic (exact) mass is 192 g/mol. The van der Waals surface area contributed by atoms with Gasteiger partial charge in [0.2, 0.25) is 0 Å². The third-order valence-corrected chi connectivity index (χ3v) is 3.82. The Morgan fingerprint density at radius 1 is 1.29 bits per heavy atom. The Labute approximate surface area is 86.9 Å². The van der Waals surface area contributed by atoms with Crippen molar-refractivity contribution in [1.29, 1.82) is 5.26 Å². The van der Waals surface area contributed by atoms with Crippen molar-refractivity contribution < 1.29 is 0 Å². The van der Waals surface area contributed by atoms with Gasteiger partial charge < -0.3 is 0 Å². The molecule has 0 spiro atoms. The minimum Gasteiger partial charge on any atom is -0.282 e. The first-order valence-corrected chi connectivity index (χ1v) is 6.04. The minimum absolute atomic E-state index is 0.233. The van der Waals surface area contributed by atoms with Gasteiger partial charge >= 0.3 is 0 Å². The summed E-state index contributed by atoms with van der Waals surface area (Å²) in [5.74, 6) is 0. The second-order valence-corrected chi connectivity index (χ2v) is 4.70. The molecule has 2 nitrogen and oxygen atoms in total. The summed E-state index contributed by atoms with van der Waals surface area (Å²) >= 11 is 0. The van der Waals surface area contributed by atoms with Crippen LogP contribution in [-0.4, -0.2) is 23.0 Å². The first-order valence-electron chi connectivity index (χ1n) is 6.04. The third kappa shape index (κ3) is 1.66. The van der Waals surface area contributed by atoms with E-state index < -0.39 is 0 Å². The van der Waals surface area contributed by atoms with Crippen LogP contribution in [0.5, 0.6) is 0 Å². The predicted octanol–water partition coefficient (Wildman–Crippen LogP) is 2.70. The van der Waals surface area contributed by atoms with Crippen molar-refractivity contribution in [1.82, 2.24) is 4.90 Å². The van der Waals surface area contributed by atoms with Gasteiger partial charge in [-0.05, 0) is 32.1 Å². The average Bonchev–Trinajstić information content (AvgIpc) is 2.62. The molecule has 0 aromatic heterocycles. The molecule has 0 aliphatic carbocycles. The molecule has 0 bridgehead atoms. The van der Waals surface area contributed by atoms with Crippen molar-refractivity contribution in [3.05, 3.63) is 0 Å². The van der Waals surface area contributed by atoms with Crippen molar-refractivity contribution in [2.75, 3.05) is 0 Å². The quantitative estimate of drug-likeness (QED) is 0.672. The molecular formula is C12H20N2. The second-order valence-electron chi connectivity index (χ2n) is 4.70. The molecule has 0 saturated carbocycles. The number of nitrogens with zero attached hydrogens (tertiary/aromatic N) is 2. The number of piperidine rings is 1. The summed E-state index contributed by atoms with van der Waals surface area (Å²) in [6, 6.07) is 4.17. The summed E-state index contributed by atoms with van der Waals surface area (Å²) in [7, 11) is 0. The molecule has 2 saturated heterocycles. The van der Waals surface area contributed by atoms with Crippen LogP contribution in [0, 0.1) is 11.3 Å². The summed E-state index contributed by atoms with van der Waals surface area (Å²) in [6.07, 6.45) is 8.95. The molecule has 2 rings (SSSR count). The molecular weight excluding hydrogens is 172 g/mol. The van der Waals surface area contributed by atoms with Crippen LogP contribution in [0.15, 0.2) is 0 Å².